The molecular weight excluding hydrogens is 265 g/mol. The molecule has 1 aromatic rings. The molecule has 0 fully saturated rings. The van der Waals surface area contributed by atoms with E-state index < -0.39 is 0 Å². The summed E-state index contributed by atoms with van der Waals surface area (Å²) in [5.74, 6) is 0.156. The number of nitrogens with one attached hydrogen (secondary N) is 1. The summed E-state index contributed by atoms with van der Waals surface area (Å²) < 4.78 is 5.21. The maximum Gasteiger partial charge on any atom is 0.258 e. The molecule has 4 nitrogen and oxygen atoms in total. The summed E-state index contributed by atoms with van der Waals surface area (Å²) in [4.78, 5) is 11.3. The van der Waals surface area contributed by atoms with Gasteiger partial charge in [-0.1, -0.05) is 23.2 Å². The van der Waals surface area contributed by atoms with Gasteiger partial charge >= 0.3 is 0 Å². The smallest absolute Gasteiger partial charge is 0.258 e. The molecule has 0 aliphatic heterocycles. The Morgan fingerprint density at radius 2 is 2.18 bits per heavy atom. The Kier molecular flexibility index (Phi) is 5.55. The average Bonchev–Trinajstić information content (AvgIpc) is 2.30. The van der Waals surface area contributed by atoms with Crippen LogP contribution in [0.4, 0.5) is 0 Å². The molecule has 2 N–H and O–H groups in total. The summed E-state index contributed by atoms with van der Waals surface area (Å²) in [6.45, 7) is 1.44. The van der Waals surface area contributed by atoms with Crippen LogP contribution in [0, 0.1) is 0 Å². The second-order valence-corrected chi connectivity index (χ2v) is 4.33. The predicted octanol–water partition coefficient (Wildman–Crippen LogP) is 1.87. The number of hydrogen-bond donors (Lipinski definition) is 2. The van der Waals surface area contributed by atoms with Crippen molar-refractivity contribution in [3.05, 3.63) is 28.2 Å². The van der Waals surface area contributed by atoms with E-state index >= 15 is 0 Å². The van der Waals surface area contributed by atoms with Crippen LogP contribution in [0.5, 0.6) is 5.75 Å². The van der Waals surface area contributed by atoms with E-state index in [0.717, 1.165) is 0 Å². The van der Waals surface area contributed by atoms with Crippen LogP contribution in [-0.4, -0.2) is 30.3 Å². The van der Waals surface area contributed by atoms with Gasteiger partial charge in [0.05, 0.1) is 16.7 Å². The summed E-state index contributed by atoms with van der Waals surface area (Å²) in [7, 11) is 0. The number of rotatable bonds is 5. The van der Waals surface area contributed by atoms with E-state index in [2.05, 4.69) is 5.32 Å². The van der Waals surface area contributed by atoms with Crippen molar-refractivity contribution >= 4 is 29.1 Å². The van der Waals surface area contributed by atoms with Crippen LogP contribution in [0.25, 0.3) is 0 Å². The van der Waals surface area contributed by atoms with E-state index in [1.54, 1.807) is 19.1 Å². The second kappa shape index (κ2) is 6.69. The molecule has 1 atom stereocenters. The first-order chi connectivity index (χ1) is 8.02. The van der Waals surface area contributed by atoms with Gasteiger partial charge in [0.25, 0.3) is 5.91 Å². The summed E-state index contributed by atoms with van der Waals surface area (Å²) >= 11 is 11.5. The lowest BCUT2D eigenvalue weighted by molar-refractivity contribution is -0.123. The van der Waals surface area contributed by atoms with Crippen molar-refractivity contribution in [3.8, 4) is 5.75 Å². The molecule has 0 aromatic heterocycles. The largest absolute Gasteiger partial charge is 0.484 e. The molecule has 0 heterocycles. The van der Waals surface area contributed by atoms with Gasteiger partial charge in [-0.2, -0.15) is 0 Å². The first-order valence-corrected chi connectivity index (χ1v) is 5.76. The maximum absolute atomic E-state index is 11.3. The van der Waals surface area contributed by atoms with Gasteiger partial charge in [0.2, 0.25) is 0 Å². The zero-order chi connectivity index (χ0) is 12.8. The molecule has 94 valence electrons. The number of aliphatic hydroxyl groups is 1. The number of carbonyl (C=O) groups is 1. The molecule has 1 rings (SSSR count). The van der Waals surface area contributed by atoms with Crippen LogP contribution in [0.3, 0.4) is 0 Å². The van der Waals surface area contributed by atoms with E-state index in [-0.39, 0.29) is 25.2 Å². The van der Waals surface area contributed by atoms with Gasteiger partial charge in [-0.25, -0.2) is 0 Å². The Balaban J connectivity index is 2.45. The predicted molar refractivity (Wildman–Crippen MR) is 66.6 cm³/mol. The molecular formula is C11H13Cl2NO3. The molecule has 0 aliphatic carbocycles. The fraction of sp³-hybridized carbons (Fsp3) is 0.364. The monoisotopic (exact) mass is 277 g/mol. The molecule has 6 heteroatoms. The first-order valence-electron chi connectivity index (χ1n) is 5.01. The Bertz CT molecular complexity index is 398. The summed E-state index contributed by atoms with van der Waals surface area (Å²) in [6.07, 6.45) is 0. The van der Waals surface area contributed by atoms with E-state index in [1.165, 1.54) is 6.07 Å². The third kappa shape index (κ3) is 4.81. The highest BCUT2D eigenvalue weighted by molar-refractivity contribution is 6.42. The quantitative estimate of drug-likeness (QED) is 0.864. The van der Waals surface area contributed by atoms with Crippen LogP contribution in [0.1, 0.15) is 6.92 Å². The van der Waals surface area contributed by atoms with E-state index in [0.29, 0.717) is 15.8 Å². The molecule has 0 unspecified atom stereocenters. The van der Waals surface area contributed by atoms with Crippen molar-refractivity contribution in [2.75, 3.05) is 13.2 Å². The Labute approximate surface area is 109 Å². The minimum atomic E-state index is -0.308. The third-order valence-electron chi connectivity index (χ3n) is 1.94. The van der Waals surface area contributed by atoms with Gasteiger partial charge in [-0.15, -0.1) is 0 Å². The Hall–Kier alpha value is -0.970. The normalized spacial score (nSPS) is 12.0. The molecule has 1 amide bonds. The van der Waals surface area contributed by atoms with Crippen LogP contribution in [0.2, 0.25) is 10.0 Å². The number of hydrogen-bond acceptors (Lipinski definition) is 3. The minimum absolute atomic E-state index is 0.113. The second-order valence-electron chi connectivity index (χ2n) is 3.52. The number of aliphatic hydroxyl groups excluding tert-OH is 1. The maximum atomic E-state index is 11.3. The van der Waals surface area contributed by atoms with Gasteiger partial charge in [0, 0.05) is 12.1 Å². The Morgan fingerprint density at radius 1 is 1.47 bits per heavy atom. The average molecular weight is 278 g/mol. The molecule has 17 heavy (non-hydrogen) atoms. The lowest BCUT2D eigenvalue weighted by Crippen LogP contribution is -2.38. The molecule has 1 aromatic carbocycles. The van der Waals surface area contributed by atoms with Crippen molar-refractivity contribution in [2.45, 2.75) is 13.0 Å². The van der Waals surface area contributed by atoms with Crippen molar-refractivity contribution in [3.63, 3.8) is 0 Å². The highest BCUT2D eigenvalue weighted by Crippen LogP contribution is 2.26. The van der Waals surface area contributed by atoms with Crippen LogP contribution in [-0.2, 0) is 4.79 Å². The number of halogens is 2. The fourth-order valence-electron chi connectivity index (χ4n) is 1.08. The van der Waals surface area contributed by atoms with E-state index in [9.17, 15) is 4.79 Å². The van der Waals surface area contributed by atoms with Crippen molar-refractivity contribution in [1.82, 2.24) is 5.32 Å². The molecule has 0 saturated heterocycles. The number of ether oxygens (including phenoxy) is 1. The topological polar surface area (TPSA) is 58.6 Å². The highest BCUT2D eigenvalue weighted by Gasteiger charge is 2.07. The summed E-state index contributed by atoms with van der Waals surface area (Å²) in [6, 6.07) is 4.46. The van der Waals surface area contributed by atoms with Gasteiger partial charge in [0.1, 0.15) is 5.75 Å². The molecule has 0 aliphatic rings. The third-order valence-corrected chi connectivity index (χ3v) is 2.68. The zero-order valence-electron chi connectivity index (χ0n) is 9.24. The van der Waals surface area contributed by atoms with Gasteiger partial charge in [-0.05, 0) is 19.1 Å². The number of carbonyl (C=O) groups excluding carboxylic acids is 1. The first kappa shape index (κ1) is 14.1. The number of benzene rings is 1. The number of amides is 1. The van der Waals surface area contributed by atoms with Gasteiger partial charge < -0.3 is 15.2 Å². The van der Waals surface area contributed by atoms with E-state index in [4.69, 9.17) is 33.0 Å². The van der Waals surface area contributed by atoms with Crippen molar-refractivity contribution in [1.29, 1.82) is 0 Å². The molecule has 0 bridgehead atoms. The van der Waals surface area contributed by atoms with Gasteiger partial charge in [-0.3, -0.25) is 4.79 Å². The molecule has 0 saturated carbocycles. The van der Waals surface area contributed by atoms with Crippen molar-refractivity contribution in [2.24, 2.45) is 0 Å². The lowest BCUT2D eigenvalue weighted by atomic mass is 10.3. The lowest BCUT2D eigenvalue weighted by Gasteiger charge is -2.11. The Morgan fingerprint density at radius 3 is 2.76 bits per heavy atom. The highest BCUT2D eigenvalue weighted by atomic mass is 35.5. The van der Waals surface area contributed by atoms with Crippen LogP contribution in [0.15, 0.2) is 18.2 Å². The minimum Gasteiger partial charge on any atom is -0.484 e. The zero-order valence-corrected chi connectivity index (χ0v) is 10.8. The summed E-state index contributed by atoms with van der Waals surface area (Å²) in [5, 5.41) is 12.1. The standard InChI is InChI=1S/C11H13Cl2NO3/c1-7(5-15)14-11(16)6-17-8-2-3-9(12)10(13)4-8/h2-4,7,15H,5-6H2,1H3,(H,14,16)/t7-/m0/s1. The summed E-state index contributed by atoms with van der Waals surface area (Å²) in [5.41, 5.74) is 0. The van der Waals surface area contributed by atoms with Gasteiger partial charge in [0.15, 0.2) is 6.61 Å². The SMILES string of the molecule is C[C@@H](CO)NC(=O)COc1ccc(Cl)c(Cl)c1. The van der Waals surface area contributed by atoms with Crippen LogP contribution >= 0.6 is 23.2 Å². The fourth-order valence-corrected chi connectivity index (χ4v) is 1.37. The van der Waals surface area contributed by atoms with Crippen LogP contribution < -0.4 is 10.1 Å². The molecule has 0 spiro atoms. The molecule has 0 radical (unpaired) electrons. The van der Waals surface area contributed by atoms with E-state index in [1.807, 2.05) is 0 Å². The van der Waals surface area contributed by atoms with Crippen molar-refractivity contribution < 1.29 is 14.6 Å².